The molecule has 0 aliphatic rings. The van der Waals surface area contributed by atoms with Gasteiger partial charge < -0.3 is 0 Å². The van der Waals surface area contributed by atoms with Crippen LogP contribution in [0.4, 0.5) is 0 Å². The molecule has 2 nitrogen and oxygen atoms in total. The van der Waals surface area contributed by atoms with Crippen molar-refractivity contribution in [1.29, 1.82) is 0 Å². The molecule has 3 radical (unpaired) electrons. The first-order chi connectivity index (χ1) is 5.27. The Bertz CT molecular complexity index is 87.8. The van der Waals surface area contributed by atoms with Crippen LogP contribution in [0.2, 0.25) is 0 Å². The van der Waals surface area contributed by atoms with Gasteiger partial charge in [0, 0.05) is 0 Å². The van der Waals surface area contributed by atoms with Crippen molar-refractivity contribution in [2.45, 2.75) is 32.2 Å². The van der Waals surface area contributed by atoms with Crippen LogP contribution in [0.5, 0.6) is 0 Å². The average molecular weight is 362 g/mol. The van der Waals surface area contributed by atoms with E-state index < -0.39 is 0 Å². The van der Waals surface area contributed by atoms with Crippen LogP contribution in [0.25, 0.3) is 0 Å². The fourth-order valence-electron chi connectivity index (χ4n) is 0.771. The van der Waals surface area contributed by atoms with E-state index in [1.165, 1.54) is 41.5 Å². The van der Waals surface area contributed by atoms with Gasteiger partial charge in [-0.3, -0.25) is 0 Å². The Hall–Kier alpha value is 1.55. The molecule has 5 heteroatoms. The summed E-state index contributed by atoms with van der Waals surface area (Å²) in [5.74, 6) is 2.07. The van der Waals surface area contributed by atoms with E-state index in [0.29, 0.717) is 6.04 Å². The molecule has 0 aromatic rings. The Morgan fingerprint density at radius 3 is 2.67 bits per heavy atom. The first kappa shape index (κ1) is 16.0. The van der Waals surface area contributed by atoms with Gasteiger partial charge in [-0.05, 0) is 0 Å². The van der Waals surface area contributed by atoms with Gasteiger partial charge in [-0.15, -0.1) is 17.0 Å². The molecule has 0 aliphatic heterocycles. The average Bonchev–Trinajstić information content (AvgIpc) is 1.96. The molecule has 0 bridgehead atoms. The van der Waals surface area contributed by atoms with Crippen molar-refractivity contribution in [3.8, 4) is 0 Å². The first-order valence-corrected chi connectivity index (χ1v) is 6.21. The van der Waals surface area contributed by atoms with E-state index in [1.807, 2.05) is 11.8 Å². The van der Waals surface area contributed by atoms with Crippen molar-refractivity contribution in [1.82, 2.24) is 0 Å². The topological polar surface area (TPSA) is 35.2 Å². The number of nitrogens with two attached hydrogens (primary N) is 1. The van der Waals surface area contributed by atoms with Crippen molar-refractivity contribution < 1.29 is 3.07 Å². The van der Waals surface area contributed by atoms with Crippen LogP contribution in [0.1, 0.15) is 26.2 Å². The molecule has 73 valence electrons. The third-order valence-electron chi connectivity index (χ3n) is 1.34. The molecule has 0 rings (SSSR count). The summed E-state index contributed by atoms with van der Waals surface area (Å²) in [6.07, 6.45) is 3.67. The second-order valence-electron chi connectivity index (χ2n) is 2.64. The number of thioether (sulfide) groups is 1. The molecule has 0 aliphatic carbocycles. The van der Waals surface area contributed by atoms with E-state index in [0.717, 1.165) is 12.4 Å². The Morgan fingerprint density at radius 2 is 2.17 bits per heavy atom. The second kappa shape index (κ2) is 12.5. The zero-order valence-electron chi connectivity index (χ0n) is 7.41. The third-order valence-corrected chi connectivity index (χ3v) is 3.21. The molecular weight excluding hydrogens is 345 g/mol. The minimum atomic E-state index is 0. The maximum absolute atomic E-state index is 5.61. The Morgan fingerprint density at radius 1 is 1.50 bits per heavy atom. The predicted molar refractivity (Wildman–Crippen MR) is 62.0 cm³/mol. The predicted octanol–water partition coefficient (Wildman–Crippen LogP) is 1.87. The first-order valence-electron chi connectivity index (χ1n) is 3.89. The van der Waals surface area contributed by atoms with E-state index in [4.69, 9.17) is 8.81 Å². The molecule has 2 N–H and O–H groups in total. The van der Waals surface area contributed by atoms with E-state index in [2.05, 4.69) is 6.92 Å². The van der Waals surface area contributed by atoms with Gasteiger partial charge in [-0.2, -0.15) is 0 Å². The minimum absolute atomic E-state index is 0. The van der Waals surface area contributed by atoms with E-state index in [9.17, 15) is 0 Å². The van der Waals surface area contributed by atoms with Crippen molar-refractivity contribution in [2.24, 2.45) is 5.73 Å². The molecule has 0 saturated heterocycles. The summed E-state index contributed by atoms with van der Waals surface area (Å²) in [5, 5.41) is 0. The third kappa shape index (κ3) is 14.1. The van der Waals surface area contributed by atoms with Crippen LogP contribution in [0, 0.1) is 0 Å². The quantitative estimate of drug-likeness (QED) is 0.427. The van der Waals surface area contributed by atoms with Gasteiger partial charge in [0.05, 0.1) is 0 Å². The summed E-state index contributed by atoms with van der Waals surface area (Å²) >= 11 is 3.03. The van der Waals surface area contributed by atoms with Crippen LogP contribution in [0.3, 0.4) is 0 Å². The molecule has 0 spiro atoms. The summed E-state index contributed by atoms with van der Waals surface area (Å²) in [7, 11) is 0. The van der Waals surface area contributed by atoms with Gasteiger partial charge in [0.15, 0.2) is 0 Å². The Kier molecular flexibility index (Phi) is 16.7. The summed E-state index contributed by atoms with van der Waals surface area (Å²) in [5.41, 5.74) is 5.61. The molecular formula is C7H17BrNOSSn. The molecule has 0 aromatic heterocycles. The van der Waals surface area contributed by atoms with Gasteiger partial charge in [-0.1, -0.05) is 0 Å². The standard InChI is InChI=1S/C7H16NOS.BrH.Sn/c1-7(8)4-2-3-5-10-6-9;;/h7H,2-6,8H2,1H3;1H;/q-1;;+1. The summed E-state index contributed by atoms with van der Waals surface area (Å²) in [6, 6.07) is 0.368. The normalized spacial score (nSPS) is 12.2. The molecule has 0 saturated carbocycles. The molecule has 1 unspecified atom stereocenters. The van der Waals surface area contributed by atoms with Crippen LogP contribution in [-0.4, -0.2) is 40.7 Å². The van der Waals surface area contributed by atoms with Gasteiger partial charge >= 0.3 is 87.4 Å². The van der Waals surface area contributed by atoms with Crippen molar-refractivity contribution >= 4 is 51.7 Å². The molecule has 0 aromatic carbocycles. The van der Waals surface area contributed by atoms with Crippen LogP contribution in [-0.2, 0) is 3.07 Å². The van der Waals surface area contributed by atoms with E-state index >= 15 is 0 Å². The van der Waals surface area contributed by atoms with Gasteiger partial charge in [0.2, 0.25) is 0 Å². The van der Waals surface area contributed by atoms with E-state index in [1.54, 1.807) is 0 Å². The van der Waals surface area contributed by atoms with E-state index in [-0.39, 0.29) is 17.0 Å². The summed E-state index contributed by atoms with van der Waals surface area (Å²) < 4.78 is 5.00. The monoisotopic (exact) mass is 362 g/mol. The number of hydrogen-bond donors (Lipinski definition) is 1. The SMILES string of the molecule is Br.CC(N)CCCCSC[O][Sn]. The zero-order chi connectivity index (χ0) is 8.53. The zero-order valence-corrected chi connectivity index (χ0v) is 12.8. The van der Waals surface area contributed by atoms with Gasteiger partial charge in [-0.25, -0.2) is 0 Å². The maximum atomic E-state index is 5.61. The van der Waals surface area contributed by atoms with Crippen molar-refractivity contribution in [3.63, 3.8) is 0 Å². The molecule has 0 fully saturated rings. The fourth-order valence-corrected chi connectivity index (χ4v) is 2.09. The molecule has 1 atom stereocenters. The molecule has 12 heavy (non-hydrogen) atoms. The second-order valence-corrected chi connectivity index (χ2v) is 4.52. The fraction of sp³-hybridized carbons (Fsp3) is 1.00. The number of halogens is 1. The van der Waals surface area contributed by atoms with Crippen LogP contribution in [0.15, 0.2) is 0 Å². The van der Waals surface area contributed by atoms with Crippen molar-refractivity contribution in [2.75, 3.05) is 11.7 Å². The Balaban J connectivity index is 0. The summed E-state index contributed by atoms with van der Waals surface area (Å²) in [4.78, 5) is 0. The van der Waals surface area contributed by atoms with Gasteiger partial charge in [0.25, 0.3) is 0 Å². The van der Waals surface area contributed by atoms with Crippen LogP contribution < -0.4 is 5.73 Å². The number of unbranched alkanes of at least 4 members (excludes halogenated alkanes) is 1. The number of rotatable bonds is 7. The summed E-state index contributed by atoms with van der Waals surface area (Å²) in [6.45, 7) is 2.06. The van der Waals surface area contributed by atoms with Gasteiger partial charge in [0.1, 0.15) is 0 Å². The Labute approximate surface area is 104 Å². The van der Waals surface area contributed by atoms with Crippen molar-refractivity contribution in [3.05, 3.63) is 0 Å². The molecule has 0 heterocycles. The molecule has 0 amide bonds. The number of hydrogen-bond acceptors (Lipinski definition) is 3. The van der Waals surface area contributed by atoms with Crippen LogP contribution >= 0.6 is 28.7 Å².